The van der Waals surface area contributed by atoms with Crippen molar-refractivity contribution >= 4 is 17.5 Å². The van der Waals surface area contributed by atoms with Crippen molar-refractivity contribution in [2.45, 2.75) is 31.3 Å². The van der Waals surface area contributed by atoms with Crippen LogP contribution in [-0.4, -0.2) is 40.8 Å². The highest BCUT2D eigenvalue weighted by atomic mass is 19.1. The van der Waals surface area contributed by atoms with E-state index in [1.807, 2.05) is 17.0 Å². The molecule has 7 nitrogen and oxygen atoms in total. The number of amides is 2. The number of pyridine rings is 1. The summed E-state index contributed by atoms with van der Waals surface area (Å²) in [5.74, 6) is -0.514. The van der Waals surface area contributed by atoms with E-state index in [-0.39, 0.29) is 35.6 Å². The maximum absolute atomic E-state index is 13.0. The van der Waals surface area contributed by atoms with E-state index in [1.165, 1.54) is 12.1 Å². The van der Waals surface area contributed by atoms with Gasteiger partial charge in [-0.3, -0.25) is 14.6 Å². The fourth-order valence-electron chi connectivity index (χ4n) is 3.88. The van der Waals surface area contributed by atoms with Crippen molar-refractivity contribution in [2.24, 2.45) is 5.92 Å². The van der Waals surface area contributed by atoms with Gasteiger partial charge in [0.05, 0.1) is 0 Å². The number of piperidine rings is 1. The molecule has 8 heteroatoms. The molecule has 3 heterocycles. The van der Waals surface area contributed by atoms with Gasteiger partial charge in [-0.1, -0.05) is 6.07 Å². The number of likely N-dealkylation sites (tertiary alicyclic amines) is 1. The molecule has 29 heavy (non-hydrogen) atoms. The van der Waals surface area contributed by atoms with Crippen molar-refractivity contribution in [3.8, 4) is 0 Å². The highest BCUT2D eigenvalue weighted by molar-refractivity contribution is 5.92. The molecule has 1 aromatic carbocycles. The number of carbonyl (C=O) groups is 2. The van der Waals surface area contributed by atoms with Crippen LogP contribution in [0.2, 0.25) is 0 Å². The molecule has 0 bridgehead atoms. The lowest BCUT2D eigenvalue weighted by Gasteiger charge is -2.32. The minimum Gasteiger partial charge on any atom is -0.341 e. The van der Waals surface area contributed by atoms with E-state index in [9.17, 15) is 14.0 Å². The number of nitrogens with zero attached hydrogens (tertiary/aromatic N) is 2. The molecule has 0 aliphatic carbocycles. The summed E-state index contributed by atoms with van der Waals surface area (Å²) in [6.07, 6.45) is 5.42. The summed E-state index contributed by atoms with van der Waals surface area (Å²) in [5.41, 5.74) is 7.90. The molecule has 2 atom stereocenters. The normalized spacial score (nSPS) is 22.4. The zero-order chi connectivity index (χ0) is 20.2. The Bertz CT molecular complexity index is 853. The topological polar surface area (TPSA) is 86.4 Å². The van der Waals surface area contributed by atoms with Gasteiger partial charge < -0.3 is 10.2 Å². The molecule has 1 aromatic heterocycles. The van der Waals surface area contributed by atoms with Crippen LogP contribution in [0.5, 0.6) is 0 Å². The van der Waals surface area contributed by atoms with Crippen molar-refractivity contribution in [2.75, 3.05) is 18.4 Å². The van der Waals surface area contributed by atoms with Crippen LogP contribution < -0.4 is 16.2 Å². The Morgan fingerprint density at radius 3 is 2.55 bits per heavy atom. The molecule has 2 aliphatic heterocycles. The molecule has 0 radical (unpaired) electrons. The van der Waals surface area contributed by atoms with Crippen molar-refractivity contribution in [1.82, 2.24) is 20.7 Å². The van der Waals surface area contributed by atoms with Crippen LogP contribution in [-0.2, 0) is 9.59 Å². The number of nitrogens with one attached hydrogen (secondary N) is 3. The van der Waals surface area contributed by atoms with Gasteiger partial charge in [0.25, 0.3) is 0 Å². The minimum absolute atomic E-state index is 0.0525. The number of aromatic nitrogens is 1. The van der Waals surface area contributed by atoms with Crippen LogP contribution >= 0.6 is 0 Å². The average Bonchev–Trinajstić information content (AvgIpc) is 3.26. The van der Waals surface area contributed by atoms with Crippen LogP contribution in [0.3, 0.4) is 0 Å². The van der Waals surface area contributed by atoms with Gasteiger partial charge in [0, 0.05) is 43.1 Å². The highest BCUT2D eigenvalue weighted by Gasteiger charge is 2.35. The number of hydrogen-bond acceptors (Lipinski definition) is 5. The standard InChI is InChI=1S/C21H24FN5O2/c22-16-3-5-17(6-4-16)24-20(28)14-7-10-27(11-8-14)21(29)19-12-18(25-26-19)15-2-1-9-23-13-15/h1-6,9,13-14,18-19,25-26H,7-8,10-12H2,(H,24,28). The fourth-order valence-corrected chi connectivity index (χ4v) is 3.88. The summed E-state index contributed by atoms with van der Waals surface area (Å²) in [5, 5.41) is 2.82. The second-order valence-electron chi connectivity index (χ2n) is 7.51. The number of hydrazine groups is 1. The van der Waals surface area contributed by atoms with Crippen LogP contribution in [0.15, 0.2) is 48.8 Å². The number of hydrogen-bond donors (Lipinski definition) is 3. The molecule has 3 N–H and O–H groups in total. The first-order chi connectivity index (χ1) is 14.1. The molecule has 0 spiro atoms. The summed E-state index contributed by atoms with van der Waals surface area (Å²) in [4.78, 5) is 31.3. The van der Waals surface area contributed by atoms with Gasteiger partial charge in [-0.2, -0.15) is 0 Å². The van der Waals surface area contributed by atoms with Crippen LogP contribution in [0.4, 0.5) is 10.1 Å². The van der Waals surface area contributed by atoms with E-state index in [2.05, 4.69) is 21.2 Å². The second kappa shape index (κ2) is 8.67. The molecule has 2 fully saturated rings. The van der Waals surface area contributed by atoms with Crippen molar-refractivity contribution < 1.29 is 14.0 Å². The van der Waals surface area contributed by atoms with Gasteiger partial charge in [0.15, 0.2) is 0 Å². The maximum Gasteiger partial charge on any atom is 0.241 e. The van der Waals surface area contributed by atoms with Crippen molar-refractivity contribution in [3.05, 3.63) is 60.2 Å². The van der Waals surface area contributed by atoms with Crippen LogP contribution in [0.25, 0.3) is 0 Å². The molecule has 2 unspecified atom stereocenters. The largest absolute Gasteiger partial charge is 0.341 e. The SMILES string of the molecule is O=C(Nc1ccc(F)cc1)C1CCN(C(=O)C2CC(c3cccnc3)NN2)CC1. The summed E-state index contributed by atoms with van der Waals surface area (Å²) in [7, 11) is 0. The molecule has 2 aliphatic rings. The Morgan fingerprint density at radius 2 is 1.86 bits per heavy atom. The number of anilines is 1. The maximum atomic E-state index is 13.0. The summed E-state index contributed by atoms with van der Waals surface area (Å²) < 4.78 is 13.0. The third kappa shape index (κ3) is 4.60. The van der Waals surface area contributed by atoms with E-state index < -0.39 is 0 Å². The van der Waals surface area contributed by atoms with Gasteiger partial charge >= 0.3 is 0 Å². The zero-order valence-electron chi connectivity index (χ0n) is 16.0. The lowest BCUT2D eigenvalue weighted by molar-refractivity contribution is -0.136. The average molecular weight is 397 g/mol. The third-order valence-electron chi connectivity index (χ3n) is 5.58. The number of benzene rings is 1. The summed E-state index contributed by atoms with van der Waals surface area (Å²) >= 11 is 0. The second-order valence-corrected chi connectivity index (χ2v) is 7.51. The predicted molar refractivity (Wildman–Crippen MR) is 106 cm³/mol. The number of halogens is 1. The lowest BCUT2D eigenvalue weighted by Crippen LogP contribution is -2.49. The van der Waals surface area contributed by atoms with Crippen molar-refractivity contribution in [1.29, 1.82) is 0 Å². The highest BCUT2D eigenvalue weighted by Crippen LogP contribution is 2.25. The smallest absolute Gasteiger partial charge is 0.241 e. The van der Waals surface area contributed by atoms with Crippen LogP contribution in [0, 0.1) is 11.7 Å². The fraction of sp³-hybridized carbons (Fsp3) is 0.381. The van der Waals surface area contributed by atoms with Gasteiger partial charge in [0.1, 0.15) is 11.9 Å². The van der Waals surface area contributed by atoms with Gasteiger partial charge in [-0.05, 0) is 55.2 Å². The predicted octanol–water partition coefficient (Wildman–Crippen LogP) is 2.01. The Morgan fingerprint density at radius 1 is 1.10 bits per heavy atom. The Balaban J connectivity index is 1.26. The molecular formula is C21H24FN5O2. The first-order valence-corrected chi connectivity index (χ1v) is 9.86. The first kappa shape index (κ1) is 19.5. The van der Waals surface area contributed by atoms with Gasteiger partial charge in [-0.15, -0.1) is 0 Å². The number of carbonyl (C=O) groups excluding carboxylic acids is 2. The molecule has 2 amide bonds. The zero-order valence-corrected chi connectivity index (χ0v) is 16.0. The van der Waals surface area contributed by atoms with E-state index in [1.54, 1.807) is 24.5 Å². The Labute approximate surface area is 168 Å². The Hall–Kier alpha value is -2.84. The summed E-state index contributed by atoms with van der Waals surface area (Å²) in [6, 6.07) is 9.36. The quantitative estimate of drug-likeness (QED) is 0.735. The molecule has 0 saturated carbocycles. The number of rotatable bonds is 4. The molecule has 2 saturated heterocycles. The van der Waals surface area contributed by atoms with E-state index in [4.69, 9.17) is 0 Å². The van der Waals surface area contributed by atoms with Gasteiger partial charge in [-0.25, -0.2) is 15.2 Å². The van der Waals surface area contributed by atoms with E-state index >= 15 is 0 Å². The minimum atomic E-state index is -0.337. The Kier molecular flexibility index (Phi) is 5.82. The lowest BCUT2D eigenvalue weighted by atomic mass is 9.94. The first-order valence-electron chi connectivity index (χ1n) is 9.86. The monoisotopic (exact) mass is 397 g/mol. The van der Waals surface area contributed by atoms with E-state index in [0.717, 1.165) is 5.56 Å². The van der Waals surface area contributed by atoms with Crippen LogP contribution in [0.1, 0.15) is 30.9 Å². The molecule has 152 valence electrons. The van der Waals surface area contributed by atoms with E-state index in [0.29, 0.717) is 38.0 Å². The third-order valence-corrected chi connectivity index (χ3v) is 5.58. The van der Waals surface area contributed by atoms with Crippen molar-refractivity contribution in [3.63, 3.8) is 0 Å². The molecule has 2 aromatic rings. The van der Waals surface area contributed by atoms with Gasteiger partial charge in [0.2, 0.25) is 11.8 Å². The summed E-state index contributed by atoms with van der Waals surface area (Å²) in [6.45, 7) is 1.10. The molecule has 4 rings (SSSR count). The molecular weight excluding hydrogens is 373 g/mol.